The number of aryl methyl sites for hydroxylation is 1. The van der Waals surface area contributed by atoms with Crippen LogP contribution in [0.5, 0.6) is 11.5 Å². The number of fused-ring (bicyclic) bond motifs is 2. The smallest absolute Gasteiger partial charge is 0.303 e. The van der Waals surface area contributed by atoms with Crippen molar-refractivity contribution in [3.8, 4) is 22.6 Å². The second kappa shape index (κ2) is 8.63. The molecule has 3 aromatic rings. The Morgan fingerprint density at radius 2 is 1.84 bits per heavy atom. The van der Waals surface area contributed by atoms with E-state index in [0.29, 0.717) is 32.4 Å². The molecule has 0 radical (unpaired) electrons. The Balaban J connectivity index is 1.21. The van der Waals surface area contributed by atoms with Gasteiger partial charge in [0.15, 0.2) is 11.5 Å². The molecule has 1 aromatic heterocycles. The van der Waals surface area contributed by atoms with Gasteiger partial charge in [0.2, 0.25) is 12.7 Å². The summed E-state index contributed by atoms with van der Waals surface area (Å²) in [5.41, 5.74) is 4.07. The van der Waals surface area contributed by atoms with E-state index in [0.717, 1.165) is 43.8 Å². The Bertz CT molecular complexity index is 1170. The fraction of sp³-hybridized carbons (Fsp3) is 0.292. The predicted molar refractivity (Wildman–Crippen MR) is 119 cm³/mol. The molecule has 2 aromatic carbocycles. The first kappa shape index (κ1) is 20.5. The van der Waals surface area contributed by atoms with Crippen molar-refractivity contribution in [2.75, 3.05) is 13.3 Å². The highest BCUT2D eigenvalue weighted by molar-refractivity contribution is 7.11. The fourth-order valence-corrected chi connectivity index (χ4v) is 5.09. The molecule has 8 heteroatoms. The number of carbonyl (C=O) groups is 2. The summed E-state index contributed by atoms with van der Waals surface area (Å²) in [6.07, 6.45) is 1.59. The molecule has 0 saturated heterocycles. The molecule has 2 aliphatic rings. The largest absolute Gasteiger partial charge is 0.481 e. The molecule has 0 fully saturated rings. The van der Waals surface area contributed by atoms with E-state index in [1.807, 2.05) is 47.4 Å². The number of ether oxygens (including phenoxy) is 2. The van der Waals surface area contributed by atoms with Crippen molar-refractivity contribution in [2.24, 2.45) is 0 Å². The van der Waals surface area contributed by atoms with Gasteiger partial charge in [-0.25, -0.2) is 4.98 Å². The van der Waals surface area contributed by atoms with Gasteiger partial charge in [-0.3, -0.25) is 9.59 Å². The third kappa shape index (κ3) is 4.31. The maximum absolute atomic E-state index is 12.9. The van der Waals surface area contributed by atoms with Crippen LogP contribution in [0.25, 0.3) is 11.1 Å². The van der Waals surface area contributed by atoms with E-state index in [1.54, 1.807) is 0 Å². The standard InChI is InChI=1S/C24H22N2O5S/c27-23(26-10-9-18-21(13-26)32-22(25-18)7-8-24(28)29)11-15-1-3-16(4-2-15)17-5-6-19-20(12-17)31-14-30-19/h1-6,12H,7-11,13-14H2,(H,28,29). The minimum atomic E-state index is -0.820. The maximum Gasteiger partial charge on any atom is 0.303 e. The second-order valence-electron chi connectivity index (χ2n) is 7.88. The number of thiazole rings is 1. The Hall–Kier alpha value is -3.39. The first-order chi connectivity index (χ1) is 15.5. The van der Waals surface area contributed by atoms with Gasteiger partial charge in [0, 0.05) is 24.3 Å². The molecule has 2 aliphatic heterocycles. The lowest BCUT2D eigenvalue weighted by atomic mass is 10.0. The summed E-state index contributed by atoms with van der Waals surface area (Å²) < 4.78 is 10.8. The number of nitrogens with zero attached hydrogens (tertiary/aromatic N) is 2. The summed E-state index contributed by atoms with van der Waals surface area (Å²) in [6, 6.07) is 13.9. The van der Waals surface area contributed by atoms with Crippen molar-refractivity contribution < 1.29 is 24.2 Å². The van der Waals surface area contributed by atoms with Gasteiger partial charge in [-0.15, -0.1) is 11.3 Å². The summed E-state index contributed by atoms with van der Waals surface area (Å²) in [5.74, 6) is 0.780. The number of benzene rings is 2. The lowest BCUT2D eigenvalue weighted by Gasteiger charge is -2.26. The van der Waals surface area contributed by atoms with Crippen LogP contribution in [0.4, 0.5) is 0 Å². The molecular formula is C24H22N2O5S. The molecular weight excluding hydrogens is 428 g/mol. The van der Waals surface area contributed by atoms with Crippen molar-refractivity contribution >= 4 is 23.2 Å². The van der Waals surface area contributed by atoms with Gasteiger partial charge in [-0.05, 0) is 28.8 Å². The highest BCUT2D eigenvalue weighted by Crippen LogP contribution is 2.36. The Morgan fingerprint density at radius 3 is 2.66 bits per heavy atom. The van der Waals surface area contributed by atoms with Crippen molar-refractivity contribution in [3.05, 3.63) is 63.6 Å². The van der Waals surface area contributed by atoms with Gasteiger partial charge in [-0.1, -0.05) is 30.3 Å². The second-order valence-corrected chi connectivity index (χ2v) is 9.05. The lowest BCUT2D eigenvalue weighted by molar-refractivity contribution is -0.137. The first-order valence-electron chi connectivity index (χ1n) is 10.5. The number of hydrogen-bond donors (Lipinski definition) is 1. The van der Waals surface area contributed by atoms with Gasteiger partial charge in [-0.2, -0.15) is 0 Å². The van der Waals surface area contributed by atoms with E-state index in [9.17, 15) is 9.59 Å². The molecule has 164 valence electrons. The molecule has 0 atom stereocenters. The first-order valence-corrected chi connectivity index (χ1v) is 11.3. The topological polar surface area (TPSA) is 89.0 Å². The number of carboxylic acids is 1. The molecule has 7 nitrogen and oxygen atoms in total. The Morgan fingerprint density at radius 1 is 1.06 bits per heavy atom. The zero-order chi connectivity index (χ0) is 22.1. The van der Waals surface area contributed by atoms with E-state index in [4.69, 9.17) is 14.6 Å². The summed E-state index contributed by atoms with van der Waals surface area (Å²) in [5, 5.41) is 9.70. The van der Waals surface area contributed by atoms with E-state index >= 15 is 0 Å². The highest BCUT2D eigenvalue weighted by atomic mass is 32.1. The van der Waals surface area contributed by atoms with Crippen LogP contribution in [0, 0.1) is 0 Å². The lowest BCUT2D eigenvalue weighted by Crippen LogP contribution is -2.36. The van der Waals surface area contributed by atoms with Crippen LogP contribution in [0.3, 0.4) is 0 Å². The average molecular weight is 451 g/mol. The summed E-state index contributed by atoms with van der Waals surface area (Å²) in [4.78, 5) is 31.2. The van der Waals surface area contributed by atoms with Crippen LogP contribution < -0.4 is 9.47 Å². The molecule has 3 heterocycles. The number of carboxylic acid groups (broad SMARTS) is 1. The number of carbonyl (C=O) groups excluding carboxylic acids is 1. The van der Waals surface area contributed by atoms with E-state index in [2.05, 4.69) is 4.98 Å². The van der Waals surface area contributed by atoms with Crippen molar-refractivity contribution in [2.45, 2.75) is 32.2 Å². The van der Waals surface area contributed by atoms with Gasteiger partial charge in [0.25, 0.3) is 0 Å². The van der Waals surface area contributed by atoms with Crippen molar-refractivity contribution in [1.29, 1.82) is 0 Å². The van der Waals surface area contributed by atoms with Gasteiger partial charge >= 0.3 is 5.97 Å². The molecule has 1 N–H and O–H groups in total. The number of aromatic nitrogens is 1. The molecule has 0 unspecified atom stereocenters. The third-order valence-electron chi connectivity index (χ3n) is 5.70. The Kier molecular flexibility index (Phi) is 5.53. The van der Waals surface area contributed by atoms with Crippen molar-refractivity contribution in [1.82, 2.24) is 9.88 Å². The Labute approximate surface area is 189 Å². The van der Waals surface area contributed by atoms with E-state index in [-0.39, 0.29) is 19.1 Å². The van der Waals surface area contributed by atoms with Crippen molar-refractivity contribution in [3.63, 3.8) is 0 Å². The zero-order valence-corrected chi connectivity index (χ0v) is 18.2. The molecule has 32 heavy (non-hydrogen) atoms. The minimum absolute atomic E-state index is 0.0806. The number of rotatable bonds is 6. The number of amides is 1. The number of hydrogen-bond acceptors (Lipinski definition) is 6. The van der Waals surface area contributed by atoms with Crippen LogP contribution in [0.2, 0.25) is 0 Å². The fourth-order valence-electron chi connectivity index (χ4n) is 3.96. The zero-order valence-electron chi connectivity index (χ0n) is 17.4. The van der Waals surface area contributed by atoms with E-state index in [1.165, 1.54) is 11.3 Å². The quantitative estimate of drug-likeness (QED) is 0.616. The van der Waals surface area contributed by atoms with Crippen LogP contribution in [0.1, 0.15) is 27.6 Å². The van der Waals surface area contributed by atoms with Crippen LogP contribution in [-0.2, 0) is 35.4 Å². The van der Waals surface area contributed by atoms with Crippen LogP contribution in [0.15, 0.2) is 42.5 Å². The monoisotopic (exact) mass is 450 g/mol. The summed E-state index contributed by atoms with van der Waals surface area (Å²) in [6.45, 7) is 1.44. The maximum atomic E-state index is 12.9. The molecule has 0 bridgehead atoms. The van der Waals surface area contributed by atoms with Crippen LogP contribution in [-0.4, -0.2) is 40.2 Å². The van der Waals surface area contributed by atoms with Gasteiger partial charge in [0.05, 0.1) is 30.1 Å². The average Bonchev–Trinajstić information content (AvgIpc) is 3.43. The molecule has 5 rings (SSSR count). The highest BCUT2D eigenvalue weighted by Gasteiger charge is 2.24. The normalized spacial score (nSPS) is 14.3. The summed E-state index contributed by atoms with van der Waals surface area (Å²) in [7, 11) is 0. The predicted octanol–water partition coefficient (Wildman–Crippen LogP) is 3.68. The summed E-state index contributed by atoms with van der Waals surface area (Å²) >= 11 is 1.53. The minimum Gasteiger partial charge on any atom is -0.481 e. The molecule has 0 spiro atoms. The number of aliphatic carboxylic acids is 1. The van der Waals surface area contributed by atoms with Gasteiger partial charge in [0.1, 0.15) is 0 Å². The molecule has 1 amide bonds. The van der Waals surface area contributed by atoms with Gasteiger partial charge < -0.3 is 19.5 Å². The van der Waals surface area contributed by atoms with Crippen LogP contribution >= 0.6 is 11.3 Å². The molecule has 0 aliphatic carbocycles. The third-order valence-corrected chi connectivity index (χ3v) is 6.84. The SMILES string of the molecule is O=C(O)CCc1nc2c(s1)CN(C(=O)Cc1ccc(-c3ccc4c(c3)OCO4)cc1)CC2. The molecule has 0 saturated carbocycles. The van der Waals surface area contributed by atoms with E-state index < -0.39 is 5.97 Å².